The number of carbonyl (C=O) groups is 2. The lowest BCUT2D eigenvalue weighted by molar-refractivity contribution is -0.130. The number of fused-ring (bicyclic) bond motifs is 1. The van der Waals surface area contributed by atoms with Crippen LogP contribution in [-0.4, -0.2) is 48.3 Å². The Bertz CT molecular complexity index is 841. The van der Waals surface area contributed by atoms with E-state index in [0.29, 0.717) is 25.4 Å². The fraction of sp³-hybridized carbons (Fsp3) is 0.364. The fourth-order valence-corrected chi connectivity index (χ4v) is 3.86. The third-order valence-electron chi connectivity index (χ3n) is 4.37. The standard InChI is InChI=1S/C22H26N2O4S/c1-3-12-24(13-18-14-27-20-6-4-5-7-21(20)28-18)22(26)15-29-19-10-8-17(9-11-19)23-16(2)25/h4-11,18H,3,12-15H2,1-2H3,(H,23,25)/t18-/m1/s1. The van der Waals surface area contributed by atoms with Crippen molar-refractivity contribution in [3.63, 3.8) is 0 Å². The zero-order valence-corrected chi connectivity index (χ0v) is 17.5. The highest BCUT2D eigenvalue weighted by Gasteiger charge is 2.25. The molecule has 0 spiro atoms. The lowest BCUT2D eigenvalue weighted by Gasteiger charge is -2.31. The Morgan fingerprint density at radius 1 is 1.14 bits per heavy atom. The Labute approximate surface area is 175 Å². The molecule has 1 aliphatic rings. The van der Waals surface area contributed by atoms with Crippen molar-refractivity contribution in [2.75, 3.05) is 30.8 Å². The summed E-state index contributed by atoms with van der Waals surface area (Å²) in [6, 6.07) is 15.1. The van der Waals surface area contributed by atoms with E-state index in [1.54, 1.807) is 0 Å². The number of carbonyl (C=O) groups excluding carboxylic acids is 2. The molecule has 0 unspecified atom stereocenters. The van der Waals surface area contributed by atoms with E-state index in [1.807, 2.05) is 53.4 Å². The van der Waals surface area contributed by atoms with Gasteiger partial charge < -0.3 is 19.7 Å². The maximum absolute atomic E-state index is 12.8. The van der Waals surface area contributed by atoms with Crippen molar-refractivity contribution >= 4 is 29.3 Å². The van der Waals surface area contributed by atoms with E-state index in [9.17, 15) is 9.59 Å². The van der Waals surface area contributed by atoms with Crippen LogP contribution in [0.1, 0.15) is 20.3 Å². The molecule has 3 rings (SSSR count). The minimum Gasteiger partial charge on any atom is -0.486 e. The molecule has 1 heterocycles. The molecule has 0 saturated heterocycles. The number of amides is 2. The number of anilines is 1. The summed E-state index contributed by atoms with van der Waals surface area (Å²) in [5, 5.41) is 2.74. The van der Waals surface area contributed by atoms with Crippen LogP contribution in [0, 0.1) is 0 Å². The quantitative estimate of drug-likeness (QED) is 0.665. The second kappa shape index (κ2) is 10.2. The van der Waals surface area contributed by atoms with Gasteiger partial charge in [-0.1, -0.05) is 19.1 Å². The van der Waals surface area contributed by atoms with Crippen LogP contribution in [0.25, 0.3) is 0 Å². The smallest absolute Gasteiger partial charge is 0.233 e. The Morgan fingerprint density at radius 3 is 2.55 bits per heavy atom. The van der Waals surface area contributed by atoms with Gasteiger partial charge in [-0.2, -0.15) is 0 Å². The third kappa shape index (κ3) is 6.15. The van der Waals surface area contributed by atoms with Gasteiger partial charge in [0.05, 0.1) is 12.3 Å². The number of nitrogens with one attached hydrogen (secondary N) is 1. The molecule has 6 nitrogen and oxygen atoms in total. The zero-order valence-electron chi connectivity index (χ0n) is 16.7. The zero-order chi connectivity index (χ0) is 20.6. The minimum absolute atomic E-state index is 0.0743. The molecular weight excluding hydrogens is 388 g/mol. The maximum Gasteiger partial charge on any atom is 0.233 e. The first kappa shape index (κ1) is 21.0. The molecule has 0 bridgehead atoms. The summed E-state index contributed by atoms with van der Waals surface area (Å²) >= 11 is 1.48. The summed E-state index contributed by atoms with van der Waals surface area (Å²) in [5.41, 5.74) is 0.746. The molecule has 0 saturated carbocycles. The number of hydrogen-bond acceptors (Lipinski definition) is 5. The topological polar surface area (TPSA) is 67.9 Å². The number of hydrogen-bond donors (Lipinski definition) is 1. The number of benzene rings is 2. The second-order valence-corrected chi connectivity index (χ2v) is 7.88. The highest BCUT2D eigenvalue weighted by atomic mass is 32.2. The van der Waals surface area contributed by atoms with Gasteiger partial charge in [-0.25, -0.2) is 0 Å². The van der Waals surface area contributed by atoms with Gasteiger partial charge >= 0.3 is 0 Å². The number of nitrogens with zero attached hydrogens (tertiary/aromatic N) is 1. The van der Waals surface area contributed by atoms with Crippen molar-refractivity contribution in [1.29, 1.82) is 0 Å². The van der Waals surface area contributed by atoms with Crippen LogP contribution < -0.4 is 14.8 Å². The number of thioether (sulfide) groups is 1. The van der Waals surface area contributed by atoms with Crippen LogP contribution in [0.4, 0.5) is 5.69 Å². The van der Waals surface area contributed by atoms with Crippen LogP contribution in [0.15, 0.2) is 53.4 Å². The lowest BCUT2D eigenvalue weighted by atomic mass is 10.2. The van der Waals surface area contributed by atoms with Gasteiger partial charge in [0.25, 0.3) is 0 Å². The van der Waals surface area contributed by atoms with E-state index in [0.717, 1.165) is 28.5 Å². The summed E-state index contributed by atoms with van der Waals surface area (Å²) in [7, 11) is 0. The van der Waals surface area contributed by atoms with E-state index in [4.69, 9.17) is 9.47 Å². The van der Waals surface area contributed by atoms with Gasteiger partial charge in [-0.05, 0) is 42.8 Å². The van der Waals surface area contributed by atoms with E-state index in [1.165, 1.54) is 18.7 Å². The third-order valence-corrected chi connectivity index (χ3v) is 5.37. The molecule has 0 radical (unpaired) electrons. The maximum atomic E-state index is 12.8. The number of para-hydroxylation sites is 2. The largest absolute Gasteiger partial charge is 0.486 e. The van der Waals surface area contributed by atoms with E-state index >= 15 is 0 Å². The van der Waals surface area contributed by atoms with Gasteiger partial charge in [0.15, 0.2) is 17.6 Å². The van der Waals surface area contributed by atoms with E-state index < -0.39 is 0 Å². The molecule has 0 aromatic heterocycles. The average molecular weight is 415 g/mol. The minimum atomic E-state index is -0.178. The summed E-state index contributed by atoms with van der Waals surface area (Å²) < 4.78 is 11.8. The predicted molar refractivity (Wildman–Crippen MR) is 115 cm³/mol. The molecule has 2 aromatic rings. The monoisotopic (exact) mass is 414 g/mol. The van der Waals surface area contributed by atoms with Crippen molar-refractivity contribution in [3.8, 4) is 11.5 Å². The lowest BCUT2D eigenvalue weighted by Crippen LogP contribution is -2.44. The average Bonchev–Trinajstić information content (AvgIpc) is 2.72. The SMILES string of the molecule is CCCN(C[C@@H]1COc2ccccc2O1)C(=O)CSc1ccc(NC(C)=O)cc1. The van der Waals surface area contributed by atoms with Crippen molar-refractivity contribution in [3.05, 3.63) is 48.5 Å². The summed E-state index contributed by atoms with van der Waals surface area (Å²) in [4.78, 5) is 26.7. The second-order valence-electron chi connectivity index (χ2n) is 6.83. The number of rotatable bonds is 8. The van der Waals surface area contributed by atoms with Gasteiger partial charge in [-0.15, -0.1) is 11.8 Å². The van der Waals surface area contributed by atoms with Crippen LogP contribution in [0.3, 0.4) is 0 Å². The fourth-order valence-electron chi connectivity index (χ4n) is 3.06. The highest BCUT2D eigenvalue weighted by Crippen LogP contribution is 2.31. The van der Waals surface area contributed by atoms with Crippen molar-refractivity contribution in [2.45, 2.75) is 31.3 Å². The van der Waals surface area contributed by atoms with Crippen LogP contribution in [0.2, 0.25) is 0 Å². The van der Waals surface area contributed by atoms with E-state index in [-0.39, 0.29) is 17.9 Å². The molecule has 2 aromatic carbocycles. The first-order valence-electron chi connectivity index (χ1n) is 9.72. The molecule has 1 atom stereocenters. The summed E-state index contributed by atoms with van der Waals surface area (Å²) in [6.07, 6.45) is 0.703. The van der Waals surface area contributed by atoms with Gasteiger partial charge in [0, 0.05) is 24.1 Å². The summed E-state index contributed by atoms with van der Waals surface area (Å²) in [5.74, 6) is 1.79. The first-order valence-corrected chi connectivity index (χ1v) is 10.7. The van der Waals surface area contributed by atoms with Crippen molar-refractivity contribution < 1.29 is 19.1 Å². The molecule has 2 amide bonds. The molecule has 1 N–H and O–H groups in total. The Balaban J connectivity index is 1.53. The van der Waals surface area contributed by atoms with Crippen LogP contribution >= 0.6 is 11.8 Å². The van der Waals surface area contributed by atoms with Crippen molar-refractivity contribution in [1.82, 2.24) is 4.90 Å². The van der Waals surface area contributed by atoms with Crippen LogP contribution in [-0.2, 0) is 9.59 Å². The Hall–Kier alpha value is -2.67. The van der Waals surface area contributed by atoms with Gasteiger partial charge in [-0.3, -0.25) is 9.59 Å². The molecule has 0 fully saturated rings. The molecule has 1 aliphatic heterocycles. The first-order chi connectivity index (χ1) is 14.0. The van der Waals surface area contributed by atoms with Crippen LogP contribution in [0.5, 0.6) is 11.5 Å². The highest BCUT2D eigenvalue weighted by molar-refractivity contribution is 8.00. The Kier molecular flexibility index (Phi) is 7.41. The number of ether oxygens (including phenoxy) is 2. The molecule has 154 valence electrons. The summed E-state index contributed by atoms with van der Waals surface area (Å²) in [6.45, 7) is 5.15. The molecule has 7 heteroatoms. The molecular formula is C22H26N2O4S. The molecule has 29 heavy (non-hydrogen) atoms. The van der Waals surface area contributed by atoms with Gasteiger partial charge in [0.2, 0.25) is 11.8 Å². The van der Waals surface area contributed by atoms with E-state index in [2.05, 4.69) is 12.2 Å². The molecule has 0 aliphatic carbocycles. The Morgan fingerprint density at radius 2 is 1.86 bits per heavy atom. The predicted octanol–water partition coefficient (Wildman–Crippen LogP) is 3.82. The normalized spacial score (nSPS) is 14.9. The van der Waals surface area contributed by atoms with Crippen molar-refractivity contribution in [2.24, 2.45) is 0 Å². The van der Waals surface area contributed by atoms with Gasteiger partial charge in [0.1, 0.15) is 6.61 Å².